The Morgan fingerprint density at radius 1 is 1.22 bits per heavy atom. The number of hydrogen-bond acceptors (Lipinski definition) is 5. The normalized spacial score (nSPS) is 16.7. The van der Waals surface area contributed by atoms with E-state index in [9.17, 15) is 10.4 Å². The van der Waals surface area contributed by atoms with Crippen molar-refractivity contribution >= 4 is 22.8 Å². The number of phenols is 1. The molecule has 0 aliphatic carbocycles. The lowest BCUT2D eigenvalue weighted by Gasteiger charge is -2.26. The monoisotopic (exact) mass is 303 g/mol. The molecule has 2 heterocycles. The van der Waals surface area contributed by atoms with Gasteiger partial charge in [0.25, 0.3) is 0 Å². The highest BCUT2D eigenvalue weighted by molar-refractivity contribution is 5.85. The van der Waals surface area contributed by atoms with E-state index < -0.39 is 6.04 Å². The number of nitriles is 1. The number of hydrogen-bond donors (Lipinski definition) is 3. The summed E-state index contributed by atoms with van der Waals surface area (Å²) >= 11 is 0. The first kappa shape index (κ1) is 13.2. The van der Waals surface area contributed by atoms with Gasteiger partial charge in [-0.15, -0.1) is 0 Å². The highest BCUT2D eigenvalue weighted by Crippen LogP contribution is 2.36. The fourth-order valence-electron chi connectivity index (χ4n) is 2.91. The lowest BCUT2D eigenvalue weighted by molar-refractivity contribution is 0.474. The molecule has 112 valence electrons. The van der Waals surface area contributed by atoms with Crippen molar-refractivity contribution in [1.82, 2.24) is 9.55 Å². The van der Waals surface area contributed by atoms with Gasteiger partial charge < -0.3 is 16.2 Å². The highest BCUT2D eigenvalue weighted by Gasteiger charge is 2.29. The van der Waals surface area contributed by atoms with Gasteiger partial charge in [-0.3, -0.25) is 4.57 Å². The van der Waals surface area contributed by atoms with Crippen LogP contribution >= 0.6 is 0 Å². The molecule has 6 nitrogen and oxygen atoms in total. The average molecular weight is 303 g/mol. The largest absolute Gasteiger partial charge is 0.508 e. The Hall–Kier alpha value is -3.46. The SMILES string of the molecule is N#CC1=C(N)n2c(nc3ccccc32)N[C@@H]1c1cccc(O)c1. The molecular formula is C17H13N5O. The van der Waals surface area contributed by atoms with Gasteiger partial charge in [-0.1, -0.05) is 24.3 Å². The number of para-hydroxylation sites is 2. The van der Waals surface area contributed by atoms with Crippen LogP contribution in [0.25, 0.3) is 16.9 Å². The molecule has 0 radical (unpaired) electrons. The number of phenolic OH excluding ortho intramolecular Hbond substituents is 1. The van der Waals surface area contributed by atoms with Crippen molar-refractivity contribution in [2.75, 3.05) is 5.32 Å². The molecule has 4 N–H and O–H groups in total. The van der Waals surface area contributed by atoms with E-state index in [0.717, 1.165) is 16.6 Å². The summed E-state index contributed by atoms with van der Waals surface area (Å²) in [6.45, 7) is 0. The van der Waals surface area contributed by atoms with Crippen molar-refractivity contribution in [2.45, 2.75) is 6.04 Å². The van der Waals surface area contributed by atoms with Crippen LogP contribution < -0.4 is 11.1 Å². The maximum absolute atomic E-state index is 9.70. The number of imidazole rings is 1. The summed E-state index contributed by atoms with van der Waals surface area (Å²) in [6, 6.07) is 16.1. The fourth-order valence-corrected chi connectivity index (χ4v) is 2.91. The third kappa shape index (κ3) is 1.91. The van der Waals surface area contributed by atoms with E-state index in [1.165, 1.54) is 0 Å². The van der Waals surface area contributed by atoms with Gasteiger partial charge in [0.05, 0.1) is 22.6 Å². The molecule has 1 atom stereocenters. The molecule has 4 rings (SSSR count). The van der Waals surface area contributed by atoms with Gasteiger partial charge in [-0.25, -0.2) is 4.98 Å². The molecule has 0 unspecified atom stereocenters. The number of fused-ring (bicyclic) bond motifs is 3. The van der Waals surface area contributed by atoms with E-state index in [1.54, 1.807) is 22.8 Å². The van der Waals surface area contributed by atoms with Crippen molar-refractivity contribution in [3.63, 3.8) is 0 Å². The van der Waals surface area contributed by atoms with E-state index in [-0.39, 0.29) is 5.75 Å². The second-order valence-electron chi connectivity index (χ2n) is 5.34. The maximum Gasteiger partial charge on any atom is 0.210 e. The van der Waals surface area contributed by atoms with Gasteiger partial charge in [-0.05, 0) is 29.8 Å². The molecule has 6 heteroatoms. The Morgan fingerprint density at radius 2 is 2.04 bits per heavy atom. The zero-order chi connectivity index (χ0) is 16.0. The summed E-state index contributed by atoms with van der Waals surface area (Å²) in [5.74, 6) is 1.07. The van der Waals surface area contributed by atoms with E-state index in [1.807, 2.05) is 30.3 Å². The molecule has 0 spiro atoms. The van der Waals surface area contributed by atoms with Crippen LogP contribution in [0.3, 0.4) is 0 Å². The van der Waals surface area contributed by atoms with Crippen molar-refractivity contribution in [3.05, 3.63) is 59.7 Å². The van der Waals surface area contributed by atoms with E-state index in [4.69, 9.17) is 5.73 Å². The number of anilines is 1. The van der Waals surface area contributed by atoms with Crippen LogP contribution in [0.15, 0.2) is 54.1 Å². The smallest absolute Gasteiger partial charge is 0.210 e. The van der Waals surface area contributed by atoms with Crippen LogP contribution in [0.4, 0.5) is 5.95 Å². The van der Waals surface area contributed by atoms with Crippen molar-refractivity contribution in [1.29, 1.82) is 5.26 Å². The third-order valence-electron chi connectivity index (χ3n) is 3.96. The minimum atomic E-state index is -0.448. The first-order valence-corrected chi connectivity index (χ1v) is 7.12. The third-order valence-corrected chi connectivity index (χ3v) is 3.96. The number of nitrogens with zero attached hydrogens (tertiary/aromatic N) is 3. The number of aromatic hydroxyl groups is 1. The number of rotatable bonds is 1. The van der Waals surface area contributed by atoms with Crippen LogP contribution in [-0.4, -0.2) is 14.7 Å². The minimum Gasteiger partial charge on any atom is -0.508 e. The Morgan fingerprint density at radius 3 is 2.83 bits per heavy atom. The summed E-state index contributed by atoms with van der Waals surface area (Å²) < 4.78 is 1.74. The Balaban J connectivity index is 1.94. The minimum absolute atomic E-state index is 0.138. The molecule has 0 bridgehead atoms. The van der Waals surface area contributed by atoms with E-state index in [0.29, 0.717) is 17.3 Å². The van der Waals surface area contributed by atoms with Crippen LogP contribution in [0.2, 0.25) is 0 Å². The molecule has 2 aromatic carbocycles. The highest BCUT2D eigenvalue weighted by atomic mass is 16.3. The summed E-state index contributed by atoms with van der Waals surface area (Å²) in [6.07, 6.45) is 0. The predicted octanol–water partition coefficient (Wildman–Crippen LogP) is 2.56. The first-order chi connectivity index (χ1) is 11.2. The summed E-state index contributed by atoms with van der Waals surface area (Å²) in [4.78, 5) is 4.54. The summed E-state index contributed by atoms with van der Waals surface area (Å²) in [7, 11) is 0. The molecule has 0 saturated heterocycles. The van der Waals surface area contributed by atoms with Gasteiger partial charge >= 0.3 is 0 Å². The van der Waals surface area contributed by atoms with Gasteiger partial charge in [0, 0.05) is 0 Å². The second kappa shape index (κ2) is 4.78. The summed E-state index contributed by atoms with van der Waals surface area (Å²) in [5.41, 5.74) is 9.04. The van der Waals surface area contributed by atoms with Crippen LogP contribution in [0.5, 0.6) is 5.75 Å². The number of nitrogens with one attached hydrogen (secondary N) is 1. The Labute approximate surface area is 132 Å². The van der Waals surface area contributed by atoms with Gasteiger partial charge in [0.1, 0.15) is 17.6 Å². The van der Waals surface area contributed by atoms with Crippen molar-refractivity contribution < 1.29 is 5.11 Å². The molecular weight excluding hydrogens is 290 g/mol. The predicted molar refractivity (Wildman–Crippen MR) is 87.2 cm³/mol. The lowest BCUT2D eigenvalue weighted by Crippen LogP contribution is -2.26. The maximum atomic E-state index is 9.70. The standard InChI is InChI=1S/C17H13N5O/c18-9-12-15(10-4-3-5-11(23)8-10)21-17-20-13-6-1-2-7-14(13)22(17)16(12)19/h1-8,15,23H,19H2,(H,20,21)/t15-/m1/s1. The van der Waals surface area contributed by atoms with Crippen molar-refractivity contribution in [2.24, 2.45) is 5.73 Å². The van der Waals surface area contributed by atoms with Gasteiger partial charge in [0.2, 0.25) is 5.95 Å². The molecule has 1 aliphatic rings. The zero-order valence-electron chi connectivity index (χ0n) is 12.1. The quantitative estimate of drug-likeness (QED) is 0.641. The van der Waals surface area contributed by atoms with E-state index >= 15 is 0 Å². The molecule has 23 heavy (non-hydrogen) atoms. The van der Waals surface area contributed by atoms with Crippen LogP contribution in [-0.2, 0) is 0 Å². The van der Waals surface area contributed by atoms with Crippen LogP contribution in [0, 0.1) is 11.3 Å². The zero-order valence-corrected chi connectivity index (χ0v) is 12.1. The molecule has 1 aliphatic heterocycles. The Kier molecular flexibility index (Phi) is 2.75. The molecule has 3 aromatic rings. The first-order valence-electron chi connectivity index (χ1n) is 7.12. The summed E-state index contributed by atoms with van der Waals surface area (Å²) in [5, 5.41) is 22.5. The molecule has 0 amide bonds. The van der Waals surface area contributed by atoms with Gasteiger partial charge in [-0.2, -0.15) is 5.26 Å². The van der Waals surface area contributed by atoms with E-state index in [2.05, 4.69) is 16.4 Å². The lowest BCUT2D eigenvalue weighted by atomic mass is 9.98. The fraction of sp³-hybridized carbons (Fsp3) is 0.0588. The molecule has 0 saturated carbocycles. The number of benzene rings is 2. The topological polar surface area (TPSA) is 99.9 Å². The molecule has 1 aromatic heterocycles. The van der Waals surface area contributed by atoms with Crippen molar-refractivity contribution in [3.8, 4) is 11.8 Å². The molecule has 0 fully saturated rings. The Bertz CT molecular complexity index is 996. The number of aromatic nitrogens is 2. The van der Waals surface area contributed by atoms with Gasteiger partial charge in [0.15, 0.2) is 0 Å². The van der Waals surface area contributed by atoms with Crippen LogP contribution in [0.1, 0.15) is 11.6 Å². The number of nitrogens with two attached hydrogens (primary N) is 1. The second-order valence-corrected chi connectivity index (χ2v) is 5.34. The average Bonchev–Trinajstić information content (AvgIpc) is 2.93.